The third-order valence-electron chi connectivity index (χ3n) is 5.15. The zero-order chi connectivity index (χ0) is 21.4. The van der Waals surface area contributed by atoms with Crippen LogP contribution in [0.25, 0.3) is 0 Å². The molecule has 0 saturated heterocycles. The molecule has 2 rings (SSSR count). The molecule has 2 N–H and O–H groups in total. The lowest BCUT2D eigenvalue weighted by molar-refractivity contribution is -0.124. The Morgan fingerprint density at radius 3 is 2.76 bits per heavy atom. The first-order chi connectivity index (χ1) is 13.8. The molecule has 0 saturated carbocycles. The van der Waals surface area contributed by atoms with E-state index in [4.69, 9.17) is 4.74 Å². The molecule has 0 aliphatic carbocycles. The minimum atomic E-state index is -0.308. The maximum atomic E-state index is 12.7. The van der Waals surface area contributed by atoms with Gasteiger partial charge in [0, 0.05) is 31.5 Å². The number of unbranched alkanes of at least 4 members (excludes halogenated alkanes) is 2. The van der Waals surface area contributed by atoms with Gasteiger partial charge in [0.1, 0.15) is 11.8 Å². The fourth-order valence-electron chi connectivity index (χ4n) is 3.71. The summed E-state index contributed by atoms with van der Waals surface area (Å²) in [4.78, 5) is 25.7. The Balaban J connectivity index is 2.04. The molecule has 7 heteroatoms. The van der Waals surface area contributed by atoms with Crippen molar-refractivity contribution in [2.45, 2.75) is 58.5 Å². The van der Waals surface area contributed by atoms with E-state index < -0.39 is 0 Å². The highest BCUT2D eigenvalue weighted by atomic mass is 32.2. The predicted octanol–water partition coefficient (Wildman–Crippen LogP) is 3.01. The Morgan fingerprint density at radius 1 is 1.34 bits per heavy atom. The molecule has 1 heterocycles. The van der Waals surface area contributed by atoms with E-state index in [1.54, 1.807) is 6.92 Å². The molecule has 2 atom stereocenters. The van der Waals surface area contributed by atoms with E-state index in [-0.39, 0.29) is 35.6 Å². The summed E-state index contributed by atoms with van der Waals surface area (Å²) in [6, 6.07) is 5.40. The average molecular weight is 423 g/mol. The van der Waals surface area contributed by atoms with Gasteiger partial charge in [-0.2, -0.15) is 0 Å². The molecule has 0 radical (unpaired) electrons. The van der Waals surface area contributed by atoms with Crippen LogP contribution in [0.2, 0.25) is 0 Å². The molecule has 0 bridgehead atoms. The first-order valence-electron chi connectivity index (χ1n) is 10.4. The maximum absolute atomic E-state index is 12.7. The predicted molar refractivity (Wildman–Crippen MR) is 119 cm³/mol. The Labute approximate surface area is 178 Å². The van der Waals surface area contributed by atoms with E-state index in [1.807, 2.05) is 44.0 Å². The van der Waals surface area contributed by atoms with Gasteiger partial charge in [-0.05, 0) is 43.2 Å². The number of rotatable bonds is 9. The van der Waals surface area contributed by atoms with E-state index in [1.165, 1.54) is 11.8 Å². The molecule has 1 aliphatic rings. The number of nitrogens with one attached hydrogen (secondary N) is 1. The standard InChI is InChI=1S/C22H34N2O4S/c1-15(2)21-22(27)23-18(14-25)12-17-8-9-19(13-20(17)24(21)4)28-10-6-5-7-11-29-16(3)26/h8-9,13,15,18,21,25H,5-7,10-12,14H2,1-4H3,(H,23,27). The topological polar surface area (TPSA) is 78.9 Å². The number of hydrogen-bond donors (Lipinski definition) is 2. The van der Waals surface area contributed by atoms with E-state index >= 15 is 0 Å². The van der Waals surface area contributed by atoms with Crippen molar-refractivity contribution in [3.63, 3.8) is 0 Å². The van der Waals surface area contributed by atoms with Gasteiger partial charge in [0.15, 0.2) is 5.12 Å². The maximum Gasteiger partial charge on any atom is 0.243 e. The number of ether oxygens (including phenoxy) is 1. The smallest absolute Gasteiger partial charge is 0.243 e. The molecule has 1 aromatic carbocycles. The number of carbonyl (C=O) groups is 2. The second-order valence-corrected chi connectivity index (χ2v) is 9.20. The number of aliphatic hydroxyl groups is 1. The molecule has 1 aliphatic heterocycles. The lowest BCUT2D eigenvalue weighted by Gasteiger charge is -2.37. The number of amides is 1. The molecule has 29 heavy (non-hydrogen) atoms. The number of likely N-dealkylation sites (N-methyl/N-ethyl adjacent to an activating group) is 1. The van der Waals surface area contributed by atoms with Gasteiger partial charge in [0.2, 0.25) is 5.91 Å². The Hall–Kier alpha value is -1.73. The average Bonchev–Trinajstić information content (AvgIpc) is 2.66. The van der Waals surface area contributed by atoms with Crippen molar-refractivity contribution < 1.29 is 19.4 Å². The third kappa shape index (κ3) is 6.93. The van der Waals surface area contributed by atoms with Crippen LogP contribution in [-0.2, 0) is 16.0 Å². The van der Waals surface area contributed by atoms with Crippen LogP contribution in [-0.4, -0.2) is 54.2 Å². The molecule has 1 aromatic rings. The number of aliphatic hydroxyl groups excluding tert-OH is 1. The van der Waals surface area contributed by atoms with Crippen LogP contribution in [0.4, 0.5) is 5.69 Å². The molecular weight excluding hydrogens is 388 g/mol. The molecule has 0 spiro atoms. The highest BCUT2D eigenvalue weighted by Gasteiger charge is 2.32. The molecule has 0 aromatic heterocycles. The van der Waals surface area contributed by atoms with Crippen molar-refractivity contribution in [3.05, 3.63) is 23.8 Å². The minimum Gasteiger partial charge on any atom is -0.494 e. The lowest BCUT2D eigenvalue weighted by Crippen LogP contribution is -2.54. The monoisotopic (exact) mass is 422 g/mol. The Kier molecular flexibility index (Phi) is 9.30. The van der Waals surface area contributed by atoms with Crippen molar-refractivity contribution in [2.75, 3.05) is 30.9 Å². The normalized spacial score (nSPS) is 19.4. The fourth-order valence-corrected chi connectivity index (χ4v) is 4.35. The van der Waals surface area contributed by atoms with Crippen LogP contribution in [0.15, 0.2) is 18.2 Å². The SMILES string of the molecule is CC(=O)SCCCCCOc1ccc2c(c1)N(C)C(C(C)C)C(=O)NC(CO)C2. The summed E-state index contributed by atoms with van der Waals surface area (Å²) in [6.45, 7) is 6.20. The zero-order valence-electron chi connectivity index (χ0n) is 17.9. The fraction of sp³-hybridized carbons (Fsp3) is 0.636. The van der Waals surface area contributed by atoms with Gasteiger partial charge >= 0.3 is 0 Å². The number of hydrogen-bond acceptors (Lipinski definition) is 6. The summed E-state index contributed by atoms with van der Waals surface area (Å²) < 4.78 is 5.95. The van der Waals surface area contributed by atoms with Gasteiger partial charge in [-0.1, -0.05) is 31.7 Å². The van der Waals surface area contributed by atoms with Crippen LogP contribution in [0, 0.1) is 5.92 Å². The van der Waals surface area contributed by atoms with E-state index in [9.17, 15) is 14.7 Å². The minimum absolute atomic E-state index is 0.0537. The van der Waals surface area contributed by atoms with E-state index in [2.05, 4.69) is 5.32 Å². The highest BCUT2D eigenvalue weighted by molar-refractivity contribution is 8.13. The van der Waals surface area contributed by atoms with E-state index in [0.29, 0.717) is 13.0 Å². The van der Waals surface area contributed by atoms with Gasteiger partial charge < -0.3 is 20.1 Å². The van der Waals surface area contributed by atoms with Gasteiger partial charge in [-0.25, -0.2) is 0 Å². The quantitative estimate of drug-likeness (QED) is 0.596. The highest BCUT2D eigenvalue weighted by Crippen LogP contribution is 2.31. The third-order valence-corrected chi connectivity index (χ3v) is 6.05. The summed E-state index contributed by atoms with van der Waals surface area (Å²) >= 11 is 1.37. The number of thioether (sulfide) groups is 1. The molecule has 1 amide bonds. The number of fused-ring (bicyclic) bond motifs is 1. The first kappa shape index (κ1) is 23.5. The number of benzene rings is 1. The Bertz CT molecular complexity index is 695. The summed E-state index contributed by atoms with van der Waals surface area (Å²) in [7, 11) is 1.94. The molecule has 6 nitrogen and oxygen atoms in total. The van der Waals surface area contributed by atoms with Crippen molar-refractivity contribution in [2.24, 2.45) is 5.92 Å². The van der Waals surface area contributed by atoms with Gasteiger partial charge in [0.05, 0.1) is 19.3 Å². The molecule has 0 fully saturated rings. The summed E-state index contributed by atoms with van der Waals surface area (Å²) in [6.07, 6.45) is 3.56. The van der Waals surface area contributed by atoms with Crippen LogP contribution in [0.1, 0.15) is 45.6 Å². The molecule has 2 unspecified atom stereocenters. The second kappa shape index (κ2) is 11.5. The molecule has 162 valence electrons. The van der Waals surface area contributed by atoms with Crippen LogP contribution >= 0.6 is 11.8 Å². The lowest BCUT2D eigenvalue weighted by atomic mass is 9.95. The summed E-state index contributed by atoms with van der Waals surface area (Å²) in [5.74, 6) is 1.73. The van der Waals surface area contributed by atoms with Crippen LogP contribution in [0.3, 0.4) is 0 Å². The number of carbonyl (C=O) groups excluding carboxylic acids is 2. The summed E-state index contributed by atoms with van der Waals surface area (Å²) in [5.41, 5.74) is 2.07. The largest absolute Gasteiger partial charge is 0.494 e. The van der Waals surface area contributed by atoms with E-state index in [0.717, 1.165) is 42.0 Å². The van der Waals surface area contributed by atoms with Crippen LogP contribution in [0.5, 0.6) is 5.75 Å². The molecular formula is C22H34N2O4S. The van der Waals surface area contributed by atoms with Gasteiger partial charge in [-0.15, -0.1) is 0 Å². The first-order valence-corrected chi connectivity index (χ1v) is 11.3. The summed E-state index contributed by atoms with van der Waals surface area (Å²) in [5, 5.41) is 12.8. The number of anilines is 1. The van der Waals surface area contributed by atoms with Crippen molar-refractivity contribution >= 4 is 28.5 Å². The van der Waals surface area contributed by atoms with Crippen LogP contribution < -0.4 is 15.0 Å². The van der Waals surface area contributed by atoms with Crippen molar-refractivity contribution in [1.29, 1.82) is 0 Å². The van der Waals surface area contributed by atoms with Gasteiger partial charge in [0.25, 0.3) is 0 Å². The van der Waals surface area contributed by atoms with Gasteiger partial charge in [-0.3, -0.25) is 9.59 Å². The zero-order valence-corrected chi connectivity index (χ0v) is 18.8. The Morgan fingerprint density at radius 2 is 2.10 bits per heavy atom. The van der Waals surface area contributed by atoms with Crippen molar-refractivity contribution in [1.82, 2.24) is 5.32 Å². The van der Waals surface area contributed by atoms with Crippen molar-refractivity contribution in [3.8, 4) is 5.75 Å². The second-order valence-electron chi connectivity index (χ2n) is 7.93. The number of nitrogens with zero attached hydrogens (tertiary/aromatic N) is 1.